The van der Waals surface area contributed by atoms with Gasteiger partial charge in [-0.3, -0.25) is 9.59 Å². The van der Waals surface area contributed by atoms with Gasteiger partial charge in [0.25, 0.3) is 0 Å². The zero-order chi connectivity index (χ0) is 32.9. The fourth-order valence-electron chi connectivity index (χ4n) is 3.91. The number of nitrogens with one attached hydrogen (secondary N) is 2. The van der Waals surface area contributed by atoms with Gasteiger partial charge in [-0.1, -0.05) is 29.8 Å². The highest BCUT2D eigenvalue weighted by Crippen LogP contribution is 2.32. The number of carbonyl (C=O) groups is 5. The minimum Gasteiger partial charge on any atom is -0.469 e. The second-order valence-electron chi connectivity index (χ2n) is 12.9. The normalized spacial score (nSPS) is 13.5. The van der Waals surface area contributed by atoms with Gasteiger partial charge in [0.2, 0.25) is 5.91 Å². The van der Waals surface area contributed by atoms with E-state index >= 15 is 0 Å². The van der Waals surface area contributed by atoms with Crippen molar-refractivity contribution in [3.63, 3.8) is 0 Å². The van der Waals surface area contributed by atoms with Gasteiger partial charge in [-0.05, 0) is 68.4 Å². The highest BCUT2D eigenvalue weighted by Gasteiger charge is 2.34. The van der Waals surface area contributed by atoms with Crippen molar-refractivity contribution < 1.29 is 42.9 Å². The monoisotopic (exact) mass is 623 g/mol. The Morgan fingerprint density at radius 3 is 1.91 bits per heavy atom. The minimum absolute atomic E-state index is 0.0301. The number of amides is 2. The van der Waals surface area contributed by atoms with Gasteiger partial charge in [0, 0.05) is 17.4 Å². The van der Waals surface area contributed by atoms with Gasteiger partial charge in [-0.2, -0.15) is 0 Å². The number of rotatable bonds is 8. The van der Waals surface area contributed by atoms with Crippen LogP contribution in [0.15, 0.2) is 24.3 Å². The van der Waals surface area contributed by atoms with E-state index in [1.807, 2.05) is 0 Å². The standard InChI is InChI=1S/C30H42ClN3O9/c1-28(2,3)41-25(37)20(16-22(35)40-10)32-24(36)19(33-26(38)42-29(4,5)6)15-18-17-13-11-12-14-21(17)34(23(18)31)27(39)43-30(7,8)9/h11-14,19-20H,15-16H2,1-10H3,(H,32,36)(H,33,38)/t19-,20-/m1/s1. The molecule has 0 unspecified atom stereocenters. The zero-order valence-corrected chi connectivity index (χ0v) is 27.1. The molecule has 0 spiro atoms. The molecule has 0 bridgehead atoms. The fraction of sp³-hybridized carbons (Fsp3) is 0.567. The van der Waals surface area contributed by atoms with Gasteiger partial charge in [-0.15, -0.1) is 0 Å². The Kier molecular flexibility index (Phi) is 11.2. The molecule has 0 fully saturated rings. The second kappa shape index (κ2) is 13.7. The number of hydrogen-bond donors (Lipinski definition) is 2. The third-order valence-electron chi connectivity index (χ3n) is 5.51. The van der Waals surface area contributed by atoms with Gasteiger partial charge >= 0.3 is 24.1 Å². The molecule has 1 aromatic carbocycles. The number of esters is 2. The summed E-state index contributed by atoms with van der Waals surface area (Å²) in [6.45, 7) is 15.0. The molecule has 238 valence electrons. The van der Waals surface area contributed by atoms with Crippen molar-refractivity contribution in [1.29, 1.82) is 0 Å². The van der Waals surface area contributed by atoms with Gasteiger partial charge < -0.3 is 29.6 Å². The number of nitrogens with zero attached hydrogens (tertiary/aromatic N) is 1. The van der Waals surface area contributed by atoms with Crippen LogP contribution < -0.4 is 10.6 Å². The third-order valence-corrected chi connectivity index (χ3v) is 5.91. The highest BCUT2D eigenvalue weighted by atomic mass is 35.5. The van der Waals surface area contributed by atoms with Crippen molar-refractivity contribution in [2.75, 3.05) is 7.11 Å². The van der Waals surface area contributed by atoms with E-state index in [4.69, 9.17) is 25.8 Å². The van der Waals surface area contributed by atoms with Crippen LogP contribution in [-0.4, -0.2) is 70.6 Å². The molecule has 0 saturated heterocycles. The van der Waals surface area contributed by atoms with E-state index in [0.29, 0.717) is 16.5 Å². The Morgan fingerprint density at radius 2 is 1.37 bits per heavy atom. The molecule has 13 heteroatoms. The fourth-order valence-corrected chi connectivity index (χ4v) is 4.25. The van der Waals surface area contributed by atoms with Gasteiger partial charge in [0.15, 0.2) is 0 Å². The van der Waals surface area contributed by atoms with Crippen LogP contribution in [0.2, 0.25) is 5.15 Å². The van der Waals surface area contributed by atoms with Crippen LogP contribution in [0, 0.1) is 0 Å². The van der Waals surface area contributed by atoms with E-state index in [9.17, 15) is 24.0 Å². The van der Waals surface area contributed by atoms with Crippen LogP contribution in [-0.2, 0) is 39.8 Å². The van der Waals surface area contributed by atoms with Gasteiger partial charge in [-0.25, -0.2) is 19.0 Å². The molecule has 12 nitrogen and oxygen atoms in total. The number of carbonyl (C=O) groups excluding carboxylic acids is 5. The summed E-state index contributed by atoms with van der Waals surface area (Å²) in [7, 11) is 1.14. The lowest BCUT2D eigenvalue weighted by Gasteiger charge is -2.27. The Bertz CT molecular complexity index is 1360. The van der Waals surface area contributed by atoms with Crippen LogP contribution >= 0.6 is 11.6 Å². The SMILES string of the molecule is COC(=O)C[C@@H](NC(=O)[C@@H](Cc1c(Cl)n(C(=O)OC(C)(C)C)c2ccccc12)NC(=O)OC(C)(C)C)C(=O)OC(C)(C)C. The molecule has 2 N–H and O–H groups in total. The summed E-state index contributed by atoms with van der Waals surface area (Å²) in [5, 5.41) is 5.52. The number of fused-ring (bicyclic) bond motifs is 1. The van der Waals surface area contributed by atoms with Crippen molar-refractivity contribution in [2.45, 2.75) is 104 Å². The van der Waals surface area contributed by atoms with Crippen molar-refractivity contribution in [2.24, 2.45) is 0 Å². The maximum Gasteiger partial charge on any atom is 0.420 e. The van der Waals surface area contributed by atoms with Crippen LogP contribution in [0.25, 0.3) is 10.9 Å². The topological polar surface area (TPSA) is 151 Å². The predicted octanol–water partition coefficient (Wildman–Crippen LogP) is 4.90. The first-order valence-electron chi connectivity index (χ1n) is 13.7. The van der Waals surface area contributed by atoms with Crippen molar-refractivity contribution in [3.8, 4) is 0 Å². The second-order valence-corrected chi connectivity index (χ2v) is 13.2. The summed E-state index contributed by atoms with van der Waals surface area (Å²) in [5.41, 5.74) is -1.85. The Balaban J connectivity index is 2.56. The van der Waals surface area contributed by atoms with Crippen LogP contribution in [0.1, 0.15) is 74.3 Å². The predicted molar refractivity (Wildman–Crippen MR) is 160 cm³/mol. The number of methoxy groups -OCH3 is 1. The first kappa shape index (κ1) is 35.4. The van der Waals surface area contributed by atoms with Gasteiger partial charge in [0.05, 0.1) is 19.0 Å². The average Bonchev–Trinajstić information content (AvgIpc) is 3.10. The number of halogens is 1. The summed E-state index contributed by atoms with van der Waals surface area (Å²) in [6, 6.07) is 4.02. The molecule has 0 saturated carbocycles. The molecule has 2 rings (SSSR count). The van der Waals surface area contributed by atoms with Crippen molar-refractivity contribution >= 4 is 52.5 Å². The van der Waals surface area contributed by atoms with Crippen molar-refractivity contribution in [3.05, 3.63) is 35.0 Å². The first-order chi connectivity index (χ1) is 19.6. The molecule has 43 heavy (non-hydrogen) atoms. The van der Waals surface area contributed by atoms with Crippen LogP contribution in [0.3, 0.4) is 0 Å². The molecular weight excluding hydrogens is 582 g/mol. The number of para-hydroxylation sites is 1. The van der Waals surface area contributed by atoms with E-state index in [0.717, 1.165) is 7.11 Å². The molecule has 1 aromatic heterocycles. The lowest BCUT2D eigenvalue weighted by molar-refractivity contribution is -0.161. The molecule has 2 atom stereocenters. The highest BCUT2D eigenvalue weighted by molar-refractivity contribution is 6.33. The number of benzene rings is 1. The first-order valence-corrected chi connectivity index (χ1v) is 14.1. The summed E-state index contributed by atoms with van der Waals surface area (Å²) >= 11 is 6.74. The smallest absolute Gasteiger partial charge is 0.420 e. The van der Waals surface area contributed by atoms with E-state index in [1.165, 1.54) is 4.57 Å². The molecule has 2 amide bonds. The Morgan fingerprint density at radius 1 is 0.814 bits per heavy atom. The van der Waals surface area contributed by atoms with Crippen molar-refractivity contribution in [1.82, 2.24) is 15.2 Å². The molecule has 0 aliphatic rings. The summed E-state index contributed by atoms with van der Waals surface area (Å²) < 4.78 is 22.2. The molecule has 0 aliphatic carbocycles. The zero-order valence-electron chi connectivity index (χ0n) is 26.4. The number of aromatic nitrogens is 1. The van der Waals surface area contributed by atoms with E-state index in [1.54, 1.807) is 86.6 Å². The third kappa shape index (κ3) is 10.8. The Hall–Kier alpha value is -3.80. The summed E-state index contributed by atoms with van der Waals surface area (Å²) in [4.78, 5) is 64.7. The number of ether oxygens (including phenoxy) is 4. The minimum atomic E-state index is -1.43. The summed E-state index contributed by atoms with van der Waals surface area (Å²) in [5.74, 6) is -2.48. The summed E-state index contributed by atoms with van der Waals surface area (Å²) in [6.07, 6.45) is -2.39. The maximum atomic E-state index is 13.7. The molecule has 0 aliphatic heterocycles. The maximum absolute atomic E-state index is 13.7. The molecule has 1 heterocycles. The van der Waals surface area contributed by atoms with Gasteiger partial charge in [0.1, 0.15) is 34.0 Å². The number of hydrogen-bond acceptors (Lipinski definition) is 9. The Labute approximate surface area is 256 Å². The number of alkyl carbamates (subject to hydrolysis) is 1. The quantitative estimate of drug-likeness (QED) is 0.309. The largest absolute Gasteiger partial charge is 0.469 e. The molecular formula is C30H42ClN3O9. The van der Waals surface area contributed by atoms with E-state index in [-0.39, 0.29) is 11.6 Å². The average molecular weight is 624 g/mol. The van der Waals surface area contributed by atoms with E-state index in [2.05, 4.69) is 15.4 Å². The molecule has 2 aromatic rings. The lowest BCUT2D eigenvalue weighted by Crippen LogP contribution is -2.54. The van der Waals surface area contributed by atoms with E-state index < -0.39 is 65.3 Å². The van der Waals surface area contributed by atoms with Crippen LogP contribution in [0.5, 0.6) is 0 Å². The molecule has 0 radical (unpaired) electrons. The van der Waals surface area contributed by atoms with Crippen LogP contribution in [0.4, 0.5) is 9.59 Å². The lowest BCUT2D eigenvalue weighted by atomic mass is 10.0.